The Kier molecular flexibility index (Phi) is 2.66. The Labute approximate surface area is 78.5 Å². The van der Waals surface area contributed by atoms with Crippen LogP contribution in [-0.4, -0.2) is 17.8 Å². The van der Waals surface area contributed by atoms with Crippen molar-refractivity contribution in [3.05, 3.63) is 24.0 Å². The predicted octanol–water partition coefficient (Wildman–Crippen LogP) is 0.983. The van der Waals surface area contributed by atoms with Crippen molar-refractivity contribution in [3.8, 4) is 0 Å². The van der Waals surface area contributed by atoms with Crippen molar-refractivity contribution >= 4 is 0 Å². The van der Waals surface area contributed by atoms with Gasteiger partial charge in [0.1, 0.15) is 0 Å². The summed E-state index contributed by atoms with van der Waals surface area (Å²) in [5.41, 5.74) is 6.74. The number of hydrogen-bond donors (Lipinski definition) is 1. The van der Waals surface area contributed by atoms with E-state index in [0.29, 0.717) is 12.5 Å². The summed E-state index contributed by atoms with van der Waals surface area (Å²) in [6.45, 7) is 3.54. The van der Waals surface area contributed by atoms with Crippen LogP contribution in [0.4, 0.5) is 0 Å². The first kappa shape index (κ1) is 8.78. The molecule has 1 atom stereocenters. The van der Waals surface area contributed by atoms with Crippen LogP contribution in [0, 0.1) is 5.92 Å². The molecule has 1 aromatic rings. The van der Waals surface area contributed by atoms with E-state index in [9.17, 15) is 0 Å². The smallest absolute Gasteiger partial charge is 0.0512 e. The number of aromatic nitrogens is 1. The van der Waals surface area contributed by atoms with Gasteiger partial charge in [-0.2, -0.15) is 0 Å². The topological polar surface area (TPSA) is 40.2 Å². The molecule has 1 aromatic heterocycles. The van der Waals surface area contributed by atoms with Crippen LogP contribution in [-0.2, 0) is 17.8 Å². The Hall–Kier alpha value is -0.800. The molecular weight excluding hydrogens is 164 g/mol. The van der Waals surface area contributed by atoms with Gasteiger partial charge >= 0.3 is 0 Å². The quantitative estimate of drug-likeness (QED) is 0.753. The van der Waals surface area contributed by atoms with E-state index in [-0.39, 0.29) is 0 Å². The van der Waals surface area contributed by atoms with Gasteiger partial charge < -0.3 is 15.0 Å². The summed E-state index contributed by atoms with van der Waals surface area (Å²) >= 11 is 0. The van der Waals surface area contributed by atoms with E-state index in [2.05, 4.69) is 23.0 Å². The second kappa shape index (κ2) is 3.94. The lowest BCUT2D eigenvalue weighted by Crippen LogP contribution is -2.08. The third-order valence-corrected chi connectivity index (χ3v) is 2.54. The zero-order chi connectivity index (χ0) is 9.10. The molecular formula is C10H16N2O. The molecule has 0 aromatic carbocycles. The maximum absolute atomic E-state index is 5.53. The van der Waals surface area contributed by atoms with Crippen LogP contribution in [0.25, 0.3) is 0 Å². The summed E-state index contributed by atoms with van der Waals surface area (Å²) < 4.78 is 7.53. The number of nitrogens with two attached hydrogens (primary N) is 1. The second-order valence-electron chi connectivity index (χ2n) is 3.65. The van der Waals surface area contributed by atoms with E-state index in [4.69, 9.17) is 10.5 Å². The first-order valence-corrected chi connectivity index (χ1v) is 4.81. The maximum Gasteiger partial charge on any atom is 0.0512 e. The van der Waals surface area contributed by atoms with Crippen molar-refractivity contribution in [2.75, 3.05) is 13.2 Å². The van der Waals surface area contributed by atoms with Gasteiger partial charge in [0.05, 0.1) is 6.61 Å². The van der Waals surface area contributed by atoms with Gasteiger partial charge in [0.2, 0.25) is 0 Å². The van der Waals surface area contributed by atoms with E-state index in [1.807, 2.05) is 0 Å². The van der Waals surface area contributed by atoms with E-state index in [1.54, 1.807) is 0 Å². The molecule has 1 aliphatic heterocycles. The Balaban J connectivity index is 1.92. The summed E-state index contributed by atoms with van der Waals surface area (Å²) in [6, 6.07) is 2.08. The molecule has 1 unspecified atom stereocenters. The molecule has 2 rings (SSSR count). The summed E-state index contributed by atoms with van der Waals surface area (Å²) in [7, 11) is 0. The van der Waals surface area contributed by atoms with Crippen LogP contribution in [0.1, 0.15) is 12.0 Å². The highest BCUT2D eigenvalue weighted by molar-refractivity contribution is 5.09. The van der Waals surface area contributed by atoms with Crippen LogP contribution in [0.2, 0.25) is 0 Å². The summed E-state index contributed by atoms with van der Waals surface area (Å²) in [5.74, 6) is 0.693. The molecule has 2 heterocycles. The highest BCUT2D eigenvalue weighted by Gasteiger charge is 2.15. The third kappa shape index (κ3) is 2.11. The Morgan fingerprint density at radius 2 is 2.54 bits per heavy atom. The number of rotatable bonds is 3. The fourth-order valence-electron chi connectivity index (χ4n) is 1.75. The van der Waals surface area contributed by atoms with Crippen LogP contribution < -0.4 is 5.73 Å². The first-order valence-electron chi connectivity index (χ1n) is 4.81. The van der Waals surface area contributed by atoms with Gasteiger partial charge in [-0.3, -0.25) is 0 Å². The average Bonchev–Trinajstić information content (AvgIpc) is 2.76. The van der Waals surface area contributed by atoms with Crippen molar-refractivity contribution < 1.29 is 4.74 Å². The molecule has 0 amide bonds. The molecule has 0 radical (unpaired) electrons. The van der Waals surface area contributed by atoms with Gasteiger partial charge in [-0.05, 0) is 18.1 Å². The molecule has 0 aliphatic carbocycles. The number of nitrogens with zero attached hydrogens (tertiary/aromatic N) is 1. The SMILES string of the molecule is NCc1ccn(CC2CCOC2)c1. The molecule has 0 spiro atoms. The van der Waals surface area contributed by atoms with Gasteiger partial charge in [-0.1, -0.05) is 0 Å². The van der Waals surface area contributed by atoms with E-state index in [0.717, 1.165) is 19.8 Å². The Bertz CT molecular complexity index is 264. The van der Waals surface area contributed by atoms with E-state index < -0.39 is 0 Å². The number of hydrogen-bond acceptors (Lipinski definition) is 2. The lowest BCUT2D eigenvalue weighted by Gasteiger charge is -2.07. The van der Waals surface area contributed by atoms with Crippen LogP contribution >= 0.6 is 0 Å². The number of ether oxygens (including phenoxy) is 1. The fraction of sp³-hybridized carbons (Fsp3) is 0.600. The van der Waals surface area contributed by atoms with Crippen LogP contribution in [0.3, 0.4) is 0 Å². The molecule has 1 saturated heterocycles. The Morgan fingerprint density at radius 1 is 1.62 bits per heavy atom. The van der Waals surface area contributed by atoms with Gasteiger partial charge in [0.25, 0.3) is 0 Å². The fourth-order valence-corrected chi connectivity index (χ4v) is 1.75. The molecule has 0 saturated carbocycles. The second-order valence-corrected chi connectivity index (χ2v) is 3.65. The molecule has 3 nitrogen and oxygen atoms in total. The summed E-state index contributed by atoms with van der Waals surface area (Å²) in [4.78, 5) is 0. The van der Waals surface area contributed by atoms with E-state index >= 15 is 0 Å². The van der Waals surface area contributed by atoms with Crippen molar-refractivity contribution in [1.29, 1.82) is 0 Å². The summed E-state index contributed by atoms with van der Waals surface area (Å²) in [6.07, 6.45) is 5.41. The molecule has 1 aliphatic rings. The molecule has 0 bridgehead atoms. The minimum Gasteiger partial charge on any atom is -0.381 e. The largest absolute Gasteiger partial charge is 0.381 e. The lowest BCUT2D eigenvalue weighted by molar-refractivity contribution is 0.182. The average molecular weight is 180 g/mol. The monoisotopic (exact) mass is 180 g/mol. The van der Waals surface area contributed by atoms with Crippen molar-refractivity contribution in [1.82, 2.24) is 4.57 Å². The molecule has 13 heavy (non-hydrogen) atoms. The standard InChI is InChI=1S/C10H16N2O/c11-5-9-1-3-12(6-9)7-10-2-4-13-8-10/h1,3,6,10H,2,4-5,7-8,11H2. The lowest BCUT2D eigenvalue weighted by atomic mass is 10.1. The minimum absolute atomic E-state index is 0.633. The van der Waals surface area contributed by atoms with Crippen LogP contribution in [0.15, 0.2) is 18.5 Å². The minimum atomic E-state index is 0.633. The zero-order valence-electron chi connectivity index (χ0n) is 7.78. The van der Waals surface area contributed by atoms with Gasteiger partial charge in [0, 0.05) is 38.0 Å². The van der Waals surface area contributed by atoms with Crippen molar-refractivity contribution in [3.63, 3.8) is 0 Å². The predicted molar refractivity (Wildman–Crippen MR) is 51.2 cm³/mol. The molecule has 3 heteroatoms. The first-order chi connectivity index (χ1) is 6.38. The highest BCUT2D eigenvalue weighted by Crippen LogP contribution is 2.15. The Morgan fingerprint density at radius 3 is 3.15 bits per heavy atom. The maximum atomic E-state index is 5.53. The van der Waals surface area contributed by atoms with Gasteiger partial charge in [0.15, 0.2) is 0 Å². The van der Waals surface area contributed by atoms with Gasteiger partial charge in [-0.25, -0.2) is 0 Å². The van der Waals surface area contributed by atoms with Crippen molar-refractivity contribution in [2.45, 2.75) is 19.5 Å². The zero-order valence-corrected chi connectivity index (χ0v) is 7.78. The van der Waals surface area contributed by atoms with E-state index in [1.165, 1.54) is 12.0 Å². The summed E-state index contributed by atoms with van der Waals surface area (Å²) in [5, 5.41) is 0. The third-order valence-electron chi connectivity index (χ3n) is 2.54. The highest BCUT2D eigenvalue weighted by atomic mass is 16.5. The molecule has 1 fully saturated rings. The molecule has 2 N–H and O–H groups in total. The molecule has 72 valence electrons. The normalized spacial score (nSPS) is 22.4. The van der Waals surface area contributed by atoms with Gasteiger partial charge in [-0.15, -0.1) is 0 Å². The van der Waals surface area contributed by atoms with Crippen molar-refractivity contribution in [2.24, 2.45) is 11.7 Å². The van der Waals surface area contributed by atoms with Crippen LogP contribution in [0.5, 0.6) is 0 Å².